The van der Waals surface area contributed by atoms with Gasteiger partial charge in [-0.25, -0.2) is 8.42 Å². The van der Waals surface area contributed by atoms with E-state index in [9.17, 15) is 13.2 Å². The van der Waals surface area contributed by atoms with Gasteiger partial charge in [-0.3, -0.25) is 9.10 Å². The topological polar surface area (TPSA) is 79.6 Å². The number of rotatable bonds is 7. The number of nitrogens with one attached hydrogen (secondary N) is 1. The maximum Gasteiger partial charge on any atom is 0.241 e. The van der Waals surface area contributed by atoms with E-state index in [1.165, 1.54) is 6.26 Å². The van der Waals surface area contributed by atoms with Crippen LogP contribution >= 0.6 is 0 Å². The van der Waals surface area contributed by atoms with E-state index in [2.05, 4.69) is 5.32 Å². The van der Waals surface area contributed by atoms with Gasteiger partial charge in [0.15, 0.2) is 0 Å². The summed E-state index contributed by atoms with van der Waals surface area (Å²) in [5, 5.41) is 2.64. The zero-order chi connectivity index (χ0) is 16.9. The lowest BCUT2D eigenvalue weighted by molar-refractivity contribution is -0.119. The average molecular weight is 336 g/mol. The Morgan fingerprint density at radius 2 is 1.91 bits per heavy atom. The van der Waals surface area contributed by atoms with Crippen LogP contribution in [0.25, 0.3) is 0 Å². The second kappa shape index (κ2) is 7.32. The molecule has 0 unspecified atom stereocenters. The number of hydrogen-bond donors (Lipinski definition) is 1. The SMILES string of the molecule is CCc1ccc(N(CC(=O)NCc2ccco2)S(C)(=O)=O)cc1. The third-order valence-corrected chi connectivity index (χ3v) is 4.50. The number of amides is 1. The predicted octanol–water partition coefficient (Wildman–Crippen LogP) is 1.92. The van der Waals surface area contributed by atoms with Gasteiger partial charge in [0, 0.05) is 0 Å². The highest BCUT2D eigenvalue weighted by Crippen LogP contribution is 2.18. The number of sulfonamides is 1. The zero-order valence-corrected chi connectivity index (χ0v) is 14.0. The molecule has 0 fully saturated rings. The number of carbonyl (C=O) groups is 1. The van der Waals surface area contributed by atoms with Crippen LogP contribution < -0.4 is 9.62 Å². The zero-order valence-electron chi connectivity index (χ0n) is 13.2. The highest BCUT2D eigenvalue weighted by atomic mass is 32.2. The minimum absolute atomic E-state index is 0.220. The van der Waals surface area contributed by atoms with Gasteiger partial charge >= 0.3 is 0 Å². The van der Waals surface area contributed by atoms with Crippen molar-refractivity contribution in [1.82, 2.24) is 5.32 Å². The van der Waals surface area contributed by atoms with Crippen molar-refractivity contribution in [3.05, 3.63) is 54.0 Å². The maximum absolute atomic E-state index is 12.0. The summed E-state index contributed by atoms with van der Waals surface area (Å²) in [5.74, 6) is 0.211. The number of furan rings is 1. The predicted molar refractivity (Wildman–Crippen MR) is 88.6 cm³/mol. The Hall–Kier alpha value is -2.28. The summed E-state index contributed by atoms with van der Waals surface area (Å²) in [6.45, 7) is 1.97. The molecule has 2 rings (SSSR count). The Morgan fingerprint density at radius 1 is 1.22 bits per heavy atom. The Morgan fingerprint density at radius 3 is 2.43 bits per heavy atom. The Bertz CT molecular complexity index is 737. The number of hydrogen-bond acceptors (Lipinski definition) is 4. The maximum atomic E-state index is 12.0. The van der Waals surface area contributed by atoms with Crippen LogP contribution in [0.2, 0.25) is 0 Å². The lowest BCUT2D eigenvalue weighted by Gasteiger charge is -2.22. The van der Waals surface area contributed by atoms with Gasteiger partial charge in [-0.2, -0.15) is 0 Å². The highest BCUT2D eigenvalue weighted by Gasteiger charge is 2.20. The second-order valence-corrected chi connectivity index (χ2v) is 7.05. The van der Waals surface area contributed by atoms with E-state index in [1.807, 2.05) is 19.1 Å². The molecule has 6 nitrogen and oxygen atoms in total. The first-order valence-corrected chi connectivity index (χ1v) is 9.10. The Kier molecular flexibility index (Phi) is 5.44. The monoisotopic (exact) mass is 336 g/mol. The number of nitrogens with zero attached hydrogens (tertiary/aromatic N) is 1. The van der Waals surface area contributed by atoms with Gasteiger partial charge in [-0.05, 0) is 36.2 Å². The van der Waals surface area contributed by atoms with E-state index in [0.717, 1.165) is 22.5 Å². The van der Waals surface area contributed by atoms with Gasteiger partial charge in [0.05, 0.1) is 24.8 Å². The van der Waals surface area contributed by atoms with Crippen molar-refractivity contribution in [3.8, 4) is 0 Å². The van der Waals surface area contributed by atoms with Crippen LogP contribution in [0.15, 0.2) is 47.1 Å². The number of carbonyl (C=O) groups excluding carboxylic acids is 1. The summed E-state index contributed by atoms with van der Waals surface area (Å²) in [7, 11) is -3.56. The first-order valence-electron chi connectivity index (χ1n) is 7.26. The molecule has 0 spiro atoms. The van der Waals surface area contributed by atoms with Crippen LogP contribution in [0, 0.1) is 0 Å². The summed E-state index contributed by atoms with van der Waals surface area (Å²) in [6.07, 6.45) is 3.46. The van der Waals surface area contributed by atoms with E-state index in [0.29, 0.717) is 11.4 Å². The number of aryl methyl sites for hydroxylation is 1. The van der Waals surface area contributed by atoms with Crippen molar-refractivity contribution in [3.63, 3.8) is 0 Å². The van der Waals surface area contributed by atoms with Gasteiger partial charge in [0.2, 0.25) is 15.9 Å². The quantitative estimate of drug-likeness (QED) is 0.838. The molecule has 1 heterocycles. The minimum atomic E-state index is -3.56. The van der Waals surface area contributed by atoms with Gasteiger partial charge < -0.3 is 9.73 Å². The van der Waals surface area contributed by atoms with E-state index < -0.39 is 15.9 Å². The van der Waals surface area contributed by atoms with E-state index in [4.69, 9.17) is 4.42 Å². The van der Waals surface area contributed by atoms with Crippen molar-refractivity contribution >= 4 is 21.6 Å². The van der Waals surface area contributed by atoms with Crippen molar-refractivity contribution in [2.45, 2.75) is 19.9 Å². The van der Waals surface area contributed by atoms with Crippen molar-refractivity contribution < 1.29 is 17.6 Å². The van der Waals surface area contributed by atoms with Crippen LogP contribution in [0.5, 0.6) is 0 Å². The summed E-state index contributed by atoms with van der Waals surface area (Å²) in [6, 6.07) is 10.6. The van der Waals surface area contributed by atoms with Crippen molar-refractivity contribution in [2.75, 3.05) is 17.1 Å². The van der Waals surface area contributed by atoms with Crippen LogP contribution in [-0.4, -0.2) is 27.1 Å². The molecule has 23 heavy (non-hydrogen) atoms. The molecule has 124 valence electrons. The second-order valence-electron chi connectivity index (χ2n) is 5.15. The molecule has 0 aliphatic carbocycles. The molecule has 2 aromatic rings. The summed E-state index contributed by atoms with van der Waals surface area (Å²) < 4.78 is 30.2. The van der Waals surface area contributed by atoms with Crippen LogP contribution in [0.1, 0.15) is 18.2 Å². The van der Waals surface area contributed by atoms with E-state index in [1.54, 1.807) is 24.3 Å². The molecular formula is C16H20N2O4S. The smallest absolute Gasteiger partial charge is 0.241 e. The molecule has 0 aliphatic heterocycles. The molecule has 1 aromatic carbocycles. The summed E-state index contributed by atoms with van der Waals surface area (Å²) in [4.78, 5) is 12.0. The van der Waals surface area contributed by atoms with E-state index in [-0.39, 0.29) is 13.1 Å². The number of anilines is 1. The first kappa shape index (κ1) is 17.1. The van der Waals surface area contributed by atoms with Gasteiger partial charge in [0.1, 0.15) is 12.3 Å². The summed E-state index contributed by atoms with van der Waals surface area (Å²) in [5.41, 5.74) is 1.57. The van der Waals surface area contributed by atoms with Crippen molar-refractivity contribution in [1.29, 1.82) is 0 Å². The normalized spacial score (nSPS) is 11.2. The van der Waals surface area contributed by atoms with Crippen LogP contribution in [-0.2, 0) is 27.8 Å². The molecule has 0 saturated carbocycles. The fourth-order valence-corrected chi connectivity index (χ4v) is 2.94. The third-order valence-electron chi connectivity index (χ3n) is 3.36. The molecule has 7 heteroatoms. The Labute approximate surface area is 136 Å². The average Bonchev–Trinajstić information content (AvgIpc) is 3.03. The van der Waals surface area contributed by atoms with Gasteiger partial charge in [-0.15, -0.1) is 0 Å². The molecular weight excluding hydrogens is 316 g/mol. The molecule has 1 aromatic heterocycles. The fourth-order valence-electron chi connectivity index (χ4n) is 2.08. The molecule has 0 aliphatic rings. The molecule has 0 radical (unpaired) electrons. The first-order chi connectivity index (χ1) is 10.9. The number of benzene rings is 1. The Balaban J connectivity index is 2.07. The largest absolute Gasteiger partial charge is 0.467 e. The van der Waals surface area contributed by atoms with E-state index >= 15 is 0 Å². The molecule has 0 saturated heterocycles. The van der Waals surface area contributed by atoms with Gasteiger partial charge in [0.25, 0.3) is 0 Å². The molecule has 0 atom stereocenters. The van der Waals surface area contributed by atoms with Crippen molar-refractivity contribution in [2.24, 2.45) is 0 Å². The summed E-state index contributed by atoms with van der Waals surface area (Å²) >= 11 is 0. The molecule has 1 N–H and O–H groups in total. The van der Waals surface area contributed by atoms with Crippen LogP contribution in [0.4, 0.5) is 5.69 Å². The third kappa shape index (κ3) is 4.85. The fraction of sp³-hybridized carbons (Fsp3) is 0.312. The lowest BCUT2D eigenvalue weighted by Crippen LogP contribution is -2.40. The molecule has 0 bridgehead atoms. The standard InChI is InChI=1S/C16H20N2O4S/c1-3-13-6-8-14(9-7-13)18(23(2,20)21)12-16(19)17-11-15-5-4-10-22-15/h4-10H,3,11-12H2,1-2H3,(H,17,19). The minimum Gasteiger partial charge on any atom is -0.467 e. The highest BCUT2D eigenvalue weighted by molar-refractivity contribution is 7.92. The van der Waals surface area contributed by atoms with Crippen LogP contribution in [0.3, 0.4) is 0 Å². The lowest BCUT2D eigenvalue weighted by atomic mass is 10.1. The molecule has 1 amide bonds. The van der Waals surface area contributed by atoms with Gasteiger partial charge in [-0.1, -0.05) is 19.1 Å².